The van der Waals surface area contributed by atoms with Gasteiger partial charge in [0.25, 0.3) is 7.82 Å². The van der Waals surface area contributed by atoms with Crippen LogP contribution in [0.5, 0.6) is 0 Å². The minimum Gasteiger partial charge on any atom is -0.756 e. The van der Waals surface area contributed by atoms with Gasteiger partial charge in [-0.1, -0.05) is 103 Å². The quantitative estimate of drug-likeness (QED) is 0.0254. The third-order valence-electron chi connectivity index (χ3n) is 7.07. The molecule has 0 fully saturated rings. The molecule has 0 saturated carbocycles. The molecule has 8 nitrogen and oxygen atoms in total. The van der Waals surface area contributed by atoms with E-state index in [1.165, 1.54) is 70.6 Å². The summed E-state index contributed by atoms with van der Waals surface area (Å²) in [6.45, 7) is 5.29. The Labute approximate surface area is 259 Å². The van der Waals surface area contributed by atoms with Gasteiger partial charge in [-0.3, -0.25) is 9.36 Å². The maximum Gasteiger partial charge on any atom is 0.306 e. The Hall–Kier alpha value is -0.760. The number of carbonyl (C=O) groups excluding carboxylic acids is 1. The van der Waals surface area contributed by atoms with Crippen molar-refractivity contribution in [2.45, 2.75) is 142 Å². The monoisotopic (exact) mass is 619 g/mol. The topological polar surface area (TPSA) is 94.1 Å². The molecule has 0 bridgehead atoms. The first-order valence-corrected chi connectivity index (χ1v) is 18.4. The van der Waals surface area contributed by atoms with E-state index < -0.39 is 13.9 Å². The van der Waals surface area contributed by atoms with Crippen molar-refractivity contribution in [2.24, 2.45) is 0 Å². The number of phosphoric acid groups is 1. The van der Waals surface area contributed by atoms with Crippen molar-refractivity contribution in [3.05, 3.63) is 12.2 Å². The van der Waals surface area contributed by atoms with Gasteiger partial charge < -0.3 is 27.9 Å². The maximum absolute atomic E-state index is 12.4. The fraction of sp³-hybridized carbons (Fsp3) is 0.909. The first-order valence-electron chi connectivity index (χ1n) is 16.9. The van der Waals surface area contributed by atoms with E-state index in [0.717, 1.165) is 44.9 Å². The van der Waals surface area contributed by atoms with E-state index in [1.54, 1.807) is 0 Å². The van der Waals surface area contributed by atoms with E-state index in [1.807, 2.05) is 21.1 Å². The van der Waals surface area contributed by atoms with Crippen LogP contribution in [0.2, 0.25) is 0 Å². The van der Waals surface area contributed by atoms with Gasteiger partial charge in [-0.15, -0.1) is 0 Å². The number of unbranched alkanes of at least 4 members (excludes halogenated alkanes) is 15. The van der Waals surface area contributed by atoms with Crippen LogP contribution < -0.4 is 4.89 Å². The summed E-state index contributed by atoms with van der Waals surface area (Å²) < 4.78 is 34.1. The highest BCUT2D eigenvalue weighted by Gasteiger charge is 2.20. The predicted molar refractivity (Wildman–Crippen MR) is 171 cm³/mol. The Morgan fingerprint density at radius 3 is 1.81 bits per heavy atom. The van der Waals surface area contributed by atoms with Crippen LogP contribution in [-0.2, 0) is 27.9 Å². The molecule has 2 atom stereocenters. The van der Waals surface area contributed by atoms with Gasteiger partial charge >= 0.3 is 5.97 Å². The van der Waals surface area contributed by atoms with Crippen LogP contribution in [0.4, 0.5) is 0 Å². The molecule has 0 aliphatic carbocycles. The lowest BCUT2D eigenvalue weighted by atomic mass is 10.1. The van der Waals surface area contributed by atoms with Crippen molar-refractivity contribution in [3.63, 3.8) is 0 Å². The van der Waals surface area contributed by atoms with Crippen LogP contribution in [0.25, 0.3) is 0 Å². The number of phosphoric ester groups is 1. The van der Waals surface area contributed by atoms with E-state index in [0.29, 0.717) is 24.1 Å². The Balaban J connectivity index is 4.20. The Morgan fingerprint density at radius 2 is 1.24 bits per heavy atom. The van der Waals surface area contributed by atoms with E-state index >= 15 is 0 Å². The number of quaternary nitrogens is 1. The SMILES string of the molecule is CCCCCCC/C=C\CCCCCCCCOCC(COP(=O)([O-])OCC[N+](C)(C)C)OC(=O)CCCCCCC. The summed E-state index contributed by atoms with van der Waals surface area (Å²) in [7, 11) is 1.35. The van der Waals surface area contributed by atoms with Crippen molar-refractivity contribution in [1.82, 2.24) is 0 Å². The number of carbonyl (C=O) groups is 1. The summed E-state index contributed by atoms with van der Waals surface area (Å²) in [6, 6.07) is 0. The lowest BCUT2D eigenvalue weighted by Crippen LogP contribution is -2.37. The fourth-order valence-corrected chi connectivity index (χ4v) is 5.09. The lowest BCUT2D eigenvalue weighted by Gasteiger charge is -2.28. The second kappa shape index (κ2) is 27.8. The van der Waals surface area contributed by atoms with E-state index in [-0.39, 0.29) is 25.8 Å². The molecule has 0 heterocycles. The Morgan fingerprint density at radius 1 is 0.714 bits per heavy atom. The number of hydrogen-bond donors (Lipinski definition) is 0. The second-order valence-electron chi connectivity index (χ2n) is 12.5. The van der Waals surface area contributed by atoms with Gasteiger partial charge in [0.05, 0.1) is 34.4 Å². The molecule has 0 aliphatic heterocycles. The highest BCUT2D eigenvalue weighted by molar-refractivity contribution is 7.45. The predicted octanol–water partition coefficient (Wildman–Crippen LogP) is 8.13. The summed E-state index contributed by atoms with van der Waals surface area (Å²) in [5.41, 5.74) is 0. The molecule has 42 heavy (non-hydrogen) atoms. The molecule has 0 amide bonds. The van der Waals surface area contributed by atoms with Crippen molar-refractivity contribution >= 4 is 13.8 Å². The number of nitrogens with zero attached hydrogens (tertiary/aromatic N) is 1. The molecule has 0 aromatic rings. The highest BCUT2D eigenvalue weighted by Crippen LogP contribution is 2.38. The summed E-state index contributed by atoms with van der Waals surface area (Å²) in [6.07, 6.45) is 25.4. The molecule has 0 radical (unpaired) electrons. The molecule has 0 saturated heterocycles. The third-order valence-corrected chi connectivity index (χ3v) is 8.03. The molecule has 2 unspecified atom stereocenters. The molecule has 0 N–H and O–H groups in total. The molecular formula is C33H66NO7P. The number of allylic oxidation sites excluding steroid dienone is 2. The first-order chi connectivity index (χ1) is 20.1. The summed E-state index contributed by atoms with van der Waals surface area (Å²) in [4.78, 5) is 24.6. The Bertz CT molecular complexity index is 696. The average molecular weight is 620 g/mol. The fourth-order valence-electron chi connectivity index (χ4n) is 4.36. The van der Waals surface area contributed by atoms with E-state index in [4.69, 9.17) is 18.5 Å². The smallest absolute Gasteiger partial charge is 0.306 e. The number of rotatable bonds is 31. The van der Waals surface area contributed by atoms with Crippen molar-refractivity contribution in [1.29, 1.82) is 0 Å². The zero-order valence-electron chi connectivity index (χ0n) is 28.0. The maximum atomic E-state index is 12.4. The molecule has 0 aromatic carbocycles. The minimum absolute atomic E-state index is 0.0267. The zero-order chi connectivity index (χ0) is 31.4. The second-order valence-corrected chi connectivity index (χ2v) is 13.9. The van der Waals surface area contributed by atoms with Crippen LogP contribution in [0.3, 0.4) is 0 Å². The van der Waals surface area contributed by atoms with Crippen LogP contribution in [0.1, 0.15) is 136 Å². The van der Waals surface area contributed by atoms with Gasteiger partial charge in [-0.25, -0.2) is 0 Å². The molecule has 250 valence electrons. The standard InChI is InChI=1S/C33H66NO7P/c1-6-8-10-12-13-14-15-16-17-18-19-20-21-23-25-28-38-30-32(41-33(35)26-24-22-11-9-7-2)31-40-42(36,37)39-29-27-34(3,4)5/h15-16,32H,6-14,17-31H2,1-5H3/b16-15-. The molecular weight excluding hydrogens is 553 g/mol. The van der Waals surface area contributed by atoms with Crippen LogP contribution in [0.15, 0.2) is 12.2 Å². The normalized spacial score (nSPS) is 14.3. The molecule has 9 heteroatoms. The van der Waals surface area contributed by atoms with E-state index in [9.17, 15) is 14.3 Å². The van der Waals surface area contributed by atoms with Crippen LogP contribution in [0, 0.1) is 0 Å². The number of esters is 1. The number of hydrogen-bond acceptors (Lipinski definition) is 7. The summed E-state index contributed by atoms with van der Waals surface area (Å²) in [5, 5.41) is 0. The van der Waals surface area contributed by atoms with Crippen molar-refractivity contribution in [3.8, 4) is 0 Å². The molecule has 0 rings (SSSR count). The zero-order valence-corrected chi connectivity index (χ0v) is 28.8. The molecule has 0 aliphatic rings. The molecule has 0 spiro atoms. The van der Waals surface area contributed by atoms with Crippen molar-refractivity contribution < 1.29 is 37.3 Å². The van der Waals surface area contributed by atoms with Crippen LogP contribution >= 0.6 is 7.82 Å². The summed E-state index contributed by atoms with van der Waals surface area (Å²) >= 11 is 0. The Kier molecular flexibility index (Phi) is 27.3. The van der Waals surface area contributed by atoms with Gasteiger partial charge in [0.1, 0.15) is 19.3 Å². The van der Waals surface area contributed by atoms with E-state index in [2.05, 4.69) is 26.0 Å². The van der Waals surface area contributed by atoms with Crippen LogP contribution in [-0.4, -0.2) is 70.7 Å². The third kappa shape index (κ3) is 30.7. The first kappa shape index (κ1) is 41.2. The van der Waals surface area contributed by atoms with Crippen molar-refractivity contribution in [2.75, 3.05) is 54.1 Å². The van der Waals surface area contributed by atoms with Gasteiger partial charge in [0.15, 0.2) is 0 Å². The highest BCUT2D eigenvalue weighted by atomic mass is 31.2. The largest absolute Gasteiger partial charge is 0.756 e. The van der Waals surface area contributed by atoms with Gasteiger partial charge in [0.2, 0.25) is 0 Å². The number of likely N-dealkylation sites (N-methyl/N-ethyl adjacent to an activating group) is 1. The van der Waals surface area contributed by atoms with Gasteiger partial charge in [-0.05, 0) is 38.5 Å². The average Bonchev–Trinajstić information content (AvgIpc) is 2.92. The molecule has 0 aromatic heterocycles. The minimum atomic E-state index is -4.50. The lowest BCUT2D eigenvalue weighted by molar-refractivity contribution is -0.870. The number of ether oxygens (including phenoxy) is 2. The van der Waals surface area contributed by atoms with Gasteiger partial charge in [0, 0.05) is 13.0 Å². The summed E-state index contributed by atoms with van der Waals surface area (Å²) in [5.74, 6) is -0.350. The van der Waals surface area contributed by atoms with Gasteiger partial charge in [-0.2, -0.15) is 0 Å².